The Bertz CT molecular complexity index is 264. The molecule has 0 aromatic rings. The highest BCUT2D eigenvalue weighted by atomic mass is 16.7. The van der Waals surface area contributed by atoms with Gasteiger partial charge >= 0.3 is 0 Å². The van der Waals surface area contributed by atoms with Crippen LogP contribution in [-0.2, 0) is 14.3 Å². The second-order valence-electron chi connectivity index (χ2n) is 6.55. The number of unbranched alkanes of at least 4 members (excludes halogenated alkanes) is 13. The van der Waals surface area contributed by atoms with Crippen LogP contribution >= 0.6 is 0 Å². The summed E-state index contributed by atoms with van der Waals surface area (Å²) in [5.74, 6) is 0. The van der Waals surface area contributed by atoms with Gasteiger partial charge in [0, 0.05) is 6.42 Å². The van der Waals surface area contributed by atoms with E-state index >= 15 is 0 Å². The fraction of sp³-hybridized carbons (Fsp3) is 0.857. The molecule has 3 heteroatoms. The number of hydrogen-bond acceptors (Lipinski definition) is 3. The summed E-state index contributed by atoms with van der Waals surface area (Å²) in [5.41, 5.74) is 0. The second kappa shape index (κ2) is 22.2. The average molecular weight is 341 g/mol. The molecular weight excluding hydrogens is 300 g/mol. The Morgan fingerprint density at radius 1 is 0.708 bits per heavy atom. The zero-order valence-electron chi connectivity index (χ0n) is 16.0. The monoisotopic (exact) mass is 340 g/mol. The molecule has 0 saturated carbocycles. The van der Waals surface area contributed by atoms with E-state index in [-0.39, 0.29) is 0 Å². The molecule has 0 aromatic heterocycles. The predicted molar refractivity (Wildman–Crippen MR) is 102 cm³/mol. The van der Waals surface area contributed by atoms with E-state index < -0.39 is 0 Å². The Morgan fingerprint density at radius 3 is 1.96 bits per heavy atom. The molecule has 0 bridgehead atoms. The van der Waals surface area contributed by atoms with Crippen LogP contribution in [0.25, 0.3) is 0 Å². The van der Waals surface area contributed by atoms with Gasteiger partial charge in [-0.1, -0.05) is 71.1 Å². The highest BCUT2D eigenvalue weighted by molar-refractivity contribution is 5.48. The summed E-state index contributed by atoms with van der Waals surface area (Å²) in [5, 5.41) is 0. The van der Waals surface area contributed by atoms with E-state index in [9.17, 15) is 4.79 Å². The molecule has 0 heterocycles. The molecule has 0 saturated heterocycles. The van der Waals surface area contributed by atoms with Gasteiger partial charge in [0.05, 0.1) is 12.9 Å². The maximum absolute atomic E-state index is 10.2. The van der Waals surface area contributed by atoms with Crippen molar-refractivity contribution in [2.45, 2.75) is 103 Å². The quantitative estimate of drug-likeness (QED) is 0.109. The summed E-state index contributed by atoms with van der Waals surface area (Å²) in [6, 6.07) is 0. The Labute approximate surface area is 150 Å². The van der Waals surface area contributed by atoms with E-state index in [4.69, 9.17) is 9.47 Å². The van der Waals surface area contributed by atoms with Crippen LogP contribution in [0.5, 0.6) is 0 Å². The number of carbonyl (C=O) groups is 1. The van der Waals surface area contributed by atoms with Gasteiger partial charge in [-0.05, 0) is 31.8 Å². The molecule has 0 atom stereocenters. The number of aldehydes is 1. The maximum atomic E-state index is 10.2. The van der Waals surface area contributed by atoms with Gasteiger partial charge in [0.2, 0.25) is 0 Å². The van der Waals surface area contributed by atoms with Gasteiger partial charge < -0.3 is 14.3 Å². The normalized spacial score (nSPS) is 11.2. The predicted octanol–water partition coefficient (Wildman–Crippen LogP) is 6.56. The number of allylic oxidation sites excluding steroid dienone is 1. The van der Waals surface area contributed by atoms with E-state index in [0.717, 1.165) is 32.2 Å². The summed E-state index contributed by atoms with van der Waals surface area (Å²) in [6.45, 7) is 3.44. The van der Waals surface area contributed by atoms with Crippen molar-refractivity contribution in [2.75, 3.05) is 13.4 Å². The van der Waals surface area contributed by atoms with Crippen LogP contribution in [-0.4, -0.2) is 19.7 Å². The standard InChI is InChI=1S/C21H40O3/c1-2-3-4-5-6-10-13-16-19-23-21-24-20-17-14-11-8-7-9-12-15-18-22/h17-18,20H,2-16,19,21H2,1H3. The SMILES string of the molecule is CCCCCCCCCCOCOC=CCCCCCCCC=O. The second-order valence-corrected chi connectivity index (χ2v) is 6.55. The van der Waals surface area contributed by atoms with Crippen LogP contribution in [0.15, 0.2) is 12.3 Å². The Hall–Kier alpha value is -0.830. The van der Waals surface area contributed by atoms with Crippen molar-refractivity contribution in [1.29, 1.82) is 0 Å². The van der Waals surface area contributed by atoms with E-state index in [0.29, 0.717) is 13.2 Å². The van der Waals surface area contributed by atoms with Crippen LogP contribution in [0.3, 0.4) is 0 Å². The first kappa shape index (κ1) is 23.2. The molecule has 0 rings (SSSR count). The Kier molecular flexibility index (Phi) is 21.4. The van der Waals surface area contributed by atoms with Gasteiger partial charge in [0.25, 0.3) is 0 Å². The summed E-state index contributed by atoms with van der Waals surface area (Å²) < 4.78 is 10.8. The third-order valence-corrected chi connectivity index (χ3v) is 4.18. The van der Waals surface area contributed by atoms with Crippen LogP contribution in [0.1, 0.15) is 103 Å². The van der Waals surface area contributed by atoms with Crippen molar-refractivity contribution >= 4 is 6.29 Å². The first-order valence-corrected chi connectivity index (χ1v) is 10.2. The zero-order chi connectivity index (χ0) is 17.6. The Morgan fingerprint density at radius 2 is 1.29 bits per heavy atom. The molecule has 0 amide bonds. The van der Waals surface area contributed by atoms with Crippen molar-refractivity contribution < 1.29 is 14.3 Å². The van der Waals surface area contributed by atoms with Crippen LogP contribution in [0.4, 0.5) is 0 Å². The van der Waals surface area contributed by atoms with Gasteiger partial charge in [0.15, 0.2) is 6.79 Å². The number of ether oxygens (including phenoxy) is 2. The van der Waals surface area contributed by atoms with E-state index in [1.165, 1.54) is 70.6 Å². The number of rotatable bonds is 20. The van der Waals surface area contributed by atoms with Gasteiger partial charge in [-0.3, -0.25) is 0 Å². The zero-order valence-corrected chi connectivity index (χ0v) is 16.0. The lowest BCUT2D eigenvalue weighted by Crippen LogP contribution is -1.98. The first-order chi connectivity index (χ1) is 11.9. The molecule has 0 radical (unpaired) electrons. The lowest BCUT2D eigenvalue weighted by Gasteiger charge is -2.04. The van der Waals surface area contributed by atoms with Crippen molar-refractivity contribution in [3.63, 3.8) is 0 Å². The number of hydrogen-bond donors (Lipinski definition) is 0. The lowest BCUT2D eigenvalue weighted by molar-refractivity contribution is -0.107. The molecule has 3 nitrogen and oxygen atoms in total. The molecule has 0 N–H and O–H groups in total. The molecule has 142 valence electrons. The molecule has 0 aliphatic carbocycles. The highest BCUT2D eigenvalue weighted by Gasteiger charge is 1.92. The summed E-state index contributed by atoms with van der Waals surface area (Å²) in [6.07, 6.45) is 23.1. The van der Waals surface area contributed by atoms with Crippen LogP contribution in [0.2, 0.25) is 0 Å². The lowest BCUT2D eigenvalue weighted by atomic mass is 10.1. The highest BCUT2D eigenvalue weighted by Crippen LogP contribution is 2.08. The third kappa shape index (κ3) is 21.2. The van der Waals surface area contributed by atoms with Crippen molar-refractivity contribution in [3.05, 3.63) is 12.3 Å². The minimum absolute atomic E-state index is 0.374. The largest absolute Gasteiger partial charge is 0.475 e. The molecule has 0 aliphatic heterocycles. The molecule has 0 aromatic carbocycles. The summed E-state index contributed by atoms with van der Waals surface area (Å²) in [7, 11) is 0. The summed E-state index contributed by atoms with van der Waals surface area (Å²) in [4.78, 5) is 10.2. The molecule has 0 fully saturated rings. The molecular formula is C21H40O3. The van der Waals surface area contributed by atoms with E-state index in [1.54, 1.807) is 6.26 Å². The van der Waals surface area contributed by atoms with Gasteiger partial charge in [-0.2, -0.15) is 0 Å². The third-order valence-electron chi connectivity index (χ3n) is 4.18. The molecule has 0 spiro atoms. The summed E-state index contributed by atoms with van der Waals surface area (Å²) >= 11 is 0. The molecule has 24 heavy (non-hydrogen) atoms. The maximum Gasteiger partial charge on any atom is 0.188 e. The van der Waals surface area contributed by atoms with Crippen molar-refractivity contribution in [2.24, 2.45) is 0 Å². The molecule has 0 unspecified atom stereocenters. The fourth-order valence-electron chi connectivity index (χ4n) is 2.64. The Balaban J connectivity index is 3.04. The minimum Gasteiger partial charge on any atom is -0.475 e. The minimum atomic E-state index is 0.374. The number of carbonyl (C=O) groups excluding carboxylic acids is 1. The van der Waals surface area contributed by atoms with Crippen LogP contribution < -0.4 is 0 Å². The van der Waals surface area contributed by atoms with Gasteiger partial charge in [-0.25, -0.2) is 0 Å². The first-order valence-electron chi connectivity index (χ1n) is 10.2. The van der Waals surface area contributed by atoms with Gasteiger partial charge in [-0.15, -0.1) is 0 Å². The van der Waals surface area contributed by atoms with Gasteiger partial charge in [0.1, 0.15) is 6.29 Å². The topological polar surface area (TPSA) is 35.5 Å². The van der Waals surface area contributed by atoms with Crippen molar-refractivity contribution in [1.82, 2.24) is 0 Å². The van der Waals surface area contributed by atoms with Crippen molar-refractivity contribution in [3.8, 4) is 0 Å². The smallest absolute Gasteiger partial charge is 0.188 e. The van der Waals surface area contributed by atoms with E-state index in [2.05, 4.69) is 13.0 Å². The average Bonchev–Trinajstić information content (AvgIpc) is 2.60. The van der Waals surface area contributed by atoms with E-state index in [1.807, 2.05) is 0 Å². The fourth-order valence-corrected chi connectivity index (χ4v) is 2.64. The van der Waals surface area contributed by atoms with Crippen LogP contribution in [0, 0.1) is 0 Å². The molecule has 0 aliphatic rings.